The fourth-order valence-corrected chi connectivity index (χ4v) is 1.58. The third-order valence-electron chi connectivity index (χ3n) is 1.91. The minimum atomic E-state index is 0.401. The highest BCUT2D eigenvalue weighted by Crippen LogP contribution is 2.20. The predicted molar refractivity (Wildman–Crippen MR) is 63.0 cm³/mol. The zero-order chi connectivity index (χ0) is 11.4. The molecule has 2 aromatic rings. The lowest BCUT2D eigenvalue weighted by Gasteiger charge is -2.01. The van der Waals surface area contributed by atoms with Gasteiger partial charge in [0.05, 0.1) is 0 Å². The summed E-state index contributed by atoms with van der Waals surface area (Å²) in [5.41, 5.74) is 7.30. The van der Waals surface area contributed by atoms with Gasteiger partial charge in [0.15, 0.2) is 0 Å². The molecule has 1 aromatic heterocycles. The Morgan fingerprint density at radius 3 is 2.62 bits per heavy atom. The molecule has 0 aliphatic carbocycles. The second-order valence-electron chi connectivity index (χ2n) is 3.04. The van der Waals surface area contributed by atoms with Gasteiger partial charge in [-0.25, -0.2) is 0 Å². The first kappa shape index (κ1) is 10.5. The highest BCUT2D eigenvalue weighted by atomic mass is 32.1. The molecule has 0 aliphatic rings. The van der Waals surface area contributed by atoms with Gasteiger partial charge in [-0.05, 0) is 29.0 Å². The number of nitrogens with zero attached hydrogens (tertiary/aromatic N) is 2. The van der Waals surface area contributed by atoms with Gasteiger partial charge in [0.25, 0.3) is 5.19 Å². The van der Waals surface area contributed by atoms with Crippen LogP contribution in [0.4, 0.5) is 5.13 Å². The molecule has 1 aromatic carbocycles. The zero-order valence-corrected chi connectivity index (χ0v) is 9.20. The van der Waals surface area contributed by atoms with Crippen molar-refractivity contribution in [1.29, 1.82) is 0 Å². The average Bonchev–Trinajstić information content (AvgIpc) is 2.73. The van der Waals surface area contributed by atoms with Crippen LogP contribution < -0.4 is 10.5 Å². The summed E-state index contributed by atoms with van der Waals surface area (Å²) in [7, 11) is 0. The van der Waals surface area contributed by atoms with E-state index in [2.05, 4.69) is 16.1 Å². The maximum Gasteiger partial charge on any atom is 0.296 e. The van der Waals surface area contributed by atoms with Crippen molar-refractivity contribution in [2.75, 3.05) is 5.73 Å². The van der Waals surface area contributed by atoms with Crippen LogP contribution in [0.1, 0.15) is 11.1 Å². The molecule has 4 nitrogen and oxygen atoms in total. The molecule has 80 valence electrons. The van der Waals surface area contributed by atoms with E-state index in [9.17, 15) is 0 Å². The number of benzene rings is 1. The van der Waals surface area contributed by atoms with E-state index in [-0.39, 0.29) is 0 Å². The smallest absolute Gasteiger partial charge is 0.296 e. The number of hydrogen-bond donors (Lipinski definition) is 1. The first-order valence-electron chi connectivity index (χ1n) is 4.55. The summed E-state index contributed by atoms with van der Waals surface area (Å²) in [5.74, 6) is 2.55. The molecule has 0 saturated carbocycles. The van der Waals surface area contributed by atoms with Gasteiger partial charge in [0.2, 0.25) is 5.13 Å². The lowest BCUT2D eigenvalue weighted by molar-refractivity contribution is 0.302. The Hall–Kier alpha value is -2.06. The number of anilines is 1. The number of hydrogen-bond acceptors (Lipinski definition) is 5. The van der Waals surface area contributed by atoms with Crippen LogP contribution in [0.25, 0.3) is 0 Å². The summed E-state index contributed by atoms with van der Waals surface area (Å²) in [6.45, 7) is 0.430. The van der Waals surface area contributed by atoms with Gasteiger partial charge in [-0.15, -0.1) is 11.5 Å². The summed E-state index contributed by atoms with van der Waals surface area (Å²) >= 11 is 1.22. The maximum atomic E-state index is 5.43. The lowest BCUT2D eigenvalue weighted by Crippen LogP contribution is -1.94. The van der Waals surface area contributed by atoms with Crippen molar-refractivity contribution in [2.45, 2.75) is 6.61 Å². The normalized spacial score (nSPS) is 9.69. The minimum Gasteiger partial charge on any atom is -0.464 e. The van der Waals surface area contributed by atoms with Gasteiger partial charge in [0, 0.05) is 5.56 Å². The summed E-state index contributed by atoms with van der Waals surface area (Å²) in [4.78, 5) is 0. The number of rotatable bonds is 3. The number of terminal acetylenes is 1. The van der Waals surface area contributed by atoms with Crippen molar-refractivity contribution < 1.29 is 4.74 Å². The van der Waals surface area contributed by atoms with Gasteiger partial charge in [-0.1, -0.05) is 23.2 Å². The molecule has 0 aliphatic heterocycles. The van der Waals surface area contributed by atoms with E-state index < -0.39 is 0 Å². The number of nitrogens with two attached hydrogens (primary N) is 1. The highest BCUT2D eigenvalue weighted by molar-refractivity contribution is 7.16. The first-order chi connectivity index (χ1) is 7.78. The van der Waals surface area contributed by atoms with Crippen molar-refractivity contribution >= 4 is 16.5 Å². The van der Waals surface area contributed by atoms with E-state index in [4.69, 9.17) is 16.9 Å². The van der Waals surface area contributed by atoms with Crippen LogP contribution in [0, 0.1) is 12.3 Å². The Morgan fingerprint density at radius 2 is 2.06 bits per heavy atom. The van der Waals surface area contributed by atoms with Crippen LogP contribution >= 0.6 is 11.3 Å². The van der Waals surface area contributed by atoms with Crippen LogP contribution in [0.3, 0.4) is 0 Å². The average molecular weight is 231 g/mol. The fraction of sp³-hybridized carbons (Fsp3) is 0.0909. The van der Waals surface area contributed by atoms with E-state index in [0.717, 1.165) is 11.1 Å². The molecule has 0 fully saturated rings. The summed E-state index contributed by atoms with van der Waals surface area (Å²) in [5, 5.41) is 8.28. The van der Waals surface area contributed by atoms with E-state index in [1.54, 1.807) is 0 Å². The molecule has 1 heterocycles. The van der Waals surface area contributed by atoms with Gasteiger partial charge >= 0.3 is 0 Å². The van der Waals surface area contributed by atoms with E-state index in [1.807, 2.05) is 24.3 Å². The van der Waals surface area contributed by atoms with Gasteiger partial charge < -0.3 is 10.5 Å². The fourth-order valence-electron chi connectivity index (χ4n) is 1.12. The van der Waals surface area contributed by atoms with Crippen molar-refractivity contribution in [3.05, 3.63) is 35.4 Å². The standard InChI is InChI=1S/C11H9N3OS/c1-2-8-3-5-9(6-4-8)7-15-11-14-13-10(12)16-11/h1,3-6H,7H2,(H2,12,13). The van der Waals surface area contributed by atoms with Gasteiger partial charge in [-0.2, -0.15) is 0 Å². The summed E-state index contributed by atoms with van der Waals surface area (Å²) in [6.07, 6.45) is 5.26. The van der Waals surface area contributed by atoms with E-state index in [1.165, 1.54) is 11.3 Å². The largest absolute Gasteiger partial charge is 0.464 e. The number of nitrogen functional groups attached to an aromatic ring is 1. The Morgan fingerprint density at radius 1 is 1.31 bits per heavy atom. The van der Waals surface area contributed by atoms with Crippen LogP contribution in [0.5, 0.6) is 5.19 Å². The quantitative estimate of drug-likeness (QED) is 0.816. The summed E-state index contributed by atoms with van der Waals surface area (Å²) in [6, 6.07) is 7.57. The molecule has 0 atom stereocenters. The Labute approximate surface area is 97.1 Å². The van der Waals surface area contributed by atoms with Crippen molar-refractivity contribution in [2.24, 2.45) is 0 Å². The number of ether oxygens (including phenoxy) is 1. The Bertz CT molecular complexity index is 513. The SMILES string of the molecule is C#Cc1ccc(COc2nnc(N)s2)cc1. The molecule has 5 heteroatoms. The van der Waals surface area contributed by atoms with Crippen molar-refractivity contribution in [1.82, 2.24) is 10.2 Å². The Kier molecular flexibility index (Phi) is 3.03. The highest BCUT2D eigenvalue weighted by Gasteiger charge is 2.01. The molecular formula is C11H9N3OS. The molecule has 0 spiro atoms. The second-order valence-corrected chi connectivity index (χ2v) is 4.01. The van der Waals surface area contributed by atoms with Crippen molar-refractivity contribution in [3.8, 4) is 17.5 Å². The molecular weight excluding hydrogens is 222 g/mol. The Balaban J connectivity index is 1.97. The third-order valence-corrected chi connectivity index (χ3v) is 2.57. The molecule has 16 heavy (non-hydrogen) atoms. The van der Waals surface area contributed by atoms with Gasteiger partial charge in [-0.3, -0.25) is 0 Å². The topological polar surface area (TPSA) is 61.0 Å². The van der Waals surface area contributed by atoms with E-state index in [0.29, 0.717) is 16.9 Å². The van der Waals surface area contributed by atoms with Crippen LogP contribution in [0.2, 0.25) is 0 Å². The van der Waals surface area contributed by atoms with Gasteiger partial charge in [0.1, 0.15) is 6.61 Å². The van der Waals surface area contributed by atoms with Crippen LogP contribution in [-0.2, 0) is 6.61 Å². The maximum absolute atomic E-state index is 5.43. The molecule has 0 radical (unpaired) electrons. The molecule has 0 unspecified atom stereocenters. The lowest BCUT2D eigenvalue weighted by atomic mass is 10.1. The minimum absolute atomic E-state index is 0.401. The molecule has 0 saturated heterocycles. The predicted octanol–water partition coefficient (Wildman–Crippen LogP) is 1.68. The second kappa shape index (κ2) is 4.64. The zero-order valence-electron chi connectivity index (χ0n) is 8.38. The molecule has 2 rings (SSSR count). The van der Waals surface area contributed by atoms with Crippen molar-refractivity contribution in [3.63, 3.8) is 0 Å². The monoisotopic (exact) mass is 231 g/mol. The van der Waals surface area contributed by atoms with E-state index >= 15 is 0 Å². The number of aromatic nitrogens is 2. The third kappa shape index (κ3) is 2.49. The van der Waals surface area contributed by atoms with Crippen LogP contribution in [-0.4, -0.2) is 10.2 Å². The molecule has 2 N–H and O–H groups in total. The first-order valence-corrected chi connectivity index (χ1v) is 5.37. The molecule has 0 amide bonds. The van der Waals surface area contributed by atoms with Crippen LogP contribution in [0.15, 0.2) is 24.3 Å². The summed E-state index contributed by atoms with van der Waals surface area (Å²) < 4.78 is 5.40. The molecule has 0 bridgehead atoms.